The molecule has 1 atom stereocenters. The number of carbonyl (C=O) groups excluding carboxylic acids is 1. The summed E-state index contributed by atoms with van der Waals surface area (Å²) in [6.07, 6.45) is 2.31. The molecule has 30 heavy (non-hydrogen) atoms. The lowest BCUT2D eigenvalue weighted by Gasteiger charge is -2.23. The average molecular weight is 413 g/mol. The SMILES string of the molecule is CCNC(=NCc1ncc(-c2ccccc2)[nH]1)N1CCC(NC(=O)OC(C)(C)C)C1. The number of aromatic nitrogens is 2. The number of nitrogens with one attached hydrogen (secondary N) is 3. The zero-order valence-corrected chi connectivity index (χ0v) is 18.2. The van der Waals surface area contributed by atoms with Crippen LogP contribution in [-0.4, -0.2) is 58.2 Å². The van der Waals surface area contributed by atoms with E-state index in [0.717, 1.165) is 42.6 Å². The normalized spacial score (nSPS) is 17.1. The summed E-state index contributed by atoms with van der Waals surface area (Å²) in [5, 5.41) is 6.29. The summed E-state index contributed by atoms with van der Waals surface area (Å²) in [6.45, 7) is 10.4. The number of alkyl carbamates (subject to hydrolysis) is 1. The van der Waals surface area contributed by atoms with Gasteiger partial charge < -0.3 is 25.3 Å². The topological polar surface area (TPSA) is 94.6 Å². The smallest absolute Gasteiger partial charge is 0.407 e. The molecule has 0 radical (unpaired) electrons. The predicted octanol–water partition coefficient (Wildman–Crippen LogP) is 3.14. The Morgan fingerprint density at radius 3 is 2.80 bits per heavy atom. The molecule has 1 unspecified atom stereocenters. The summed E-state index contributed by atoms with van der Waals surface area (Å²) in [5.74, 6) is 1.63. The number of aliphatic imine (C=N–C) groups is 1. The van der Waals surface area contributed by atoms with Gasteiger partial charge in [-0.2, -0.15) is 0 Å². The summed E-state index contributed by atoms with van der Waals surface area (Å²) < 4.78 is 5.36. The van der Waals surface area contributed by atoms with E-state index in [4.69, 9.17) is 9.73 Å². The Morgan fingerprint density at radius 1 is 1.33 bits per heavy atom. The molecule has 0 aliphatic carbocycles. The molecule has 1 aliphatic heterocycles. The number of hydrogen-bond donors (Lipinski definition) is 3. The van der Waals surface area contributed by atoms with Crippen molar-refractivity contribution < 1.29 is 9.53 Å². The fraction of sp³-hybridized carbons (Fsp3) is 0.500. The molecule has 162 valence electrons. The molecule has 1 fully saturated rings. The first kappa shape index (κ1) is 21.7. The van der Waals surface area contributed by atoms with E-state index in [9.17, 15) is 4.79 Å². The number of nitrogens with zero attached hydrogens (tertiary/aromatic N) is 3. The van der Waals surface area contributed by atoms with E-state index in [1.165, 1.54) is 0 Å². The largest absolute Gasteiger partial charge is 0.444 e. The van der Waals surface area contributed by atoms with Crippen molar-refractivity contribution in [3.05, 3.63) is 42.4 Å². The summed E-state index contributed by atoms with van der Waals surface area (Å²) in [5.41, 5.74) is 1.58. The van der Waals surface area contributed by atoms with Crippen LogP contribution in [0.15, 0.2) is 41.5 Å². The maximum absolute atomic E-state index is 12.0. The number of aromatic amines is 1. The van der Waals surface area contributed by atoms with E-state index < -0.39 is 5.60 Å². The molecule has 1 amide bonds. The summed E-state index contributed by atoms with van der Waals surface area (Å²) in [6, 6.07) is 10.1. The Labute approximate surface area is 178 Å². The minimum absolute atomic E-state index is 0.0389. The molecule has 2 heterocycles. The van der Waals surface area contributed by atoms with E-state index in [2.05, 4.69) is 25.5 Å². The van der Waals surface area contributed by atoms with Crippen LogP contribution in [0.5, 0.6) is 0 Å². The minimum atomic E-state index is -0.500. The lowest BCUT2D eigenvalue weighted by atomic mass is 10.2. The first-order valence-electron chi connectivity index (χ1n) is 10.5. The minimum Gasteiger partial charge on any atom is -0.444 e. The van der Waals surface area contributed by atoms with Gasteiger partial charge in [0.15, 0.2) is 5.96 Å². The number of carbonyl (C=O) groups is 1. The summed E-state index contributed by atoms with van der Waals surface area (Å²) in [7, 11) is 0. The molecular formula is C22H32N6O2. The van der Waals surface area contributed by atoms with E-state index in [-0.39, 0.29) is 12.1 Å². The molecule has 8 heteroatoms. The fourth-order valence-corrected chi connectivity index (χ4v) is 3.33. The van der Waals surface area contributed by atoms with Crippen LogP contribution in [0.1, 0.15) is 39.9 Å². The highest BCUT2D eigenvalue weighted by atomic mass is 16.6. The van der Waals surface area contributed by atoms with Crippen molar-refractivity contribution in [1.29, 1.82) is 0 Å². The maximum atomic E-state index is 12.0. The number of amides is 1. The molecule has 1 aliphatic rings. The van der Waals surface area contributed by atoms with Crippen molar-refractivity contribution in [2.75, 3.05) is 19.6 Å². The van der Waals surface area contributed by atoms with Crippen LogP contribution in [-0.2, 0) is 11.3 Å². The zero-order valence-electron chi connectivity index (χ0n) is 18.2. The van der Waals surface area contributed by atoms with Gasteiger partial charge in [0.2, 0.25) is 0 Å². The molecule has 0 spiro atoms. The van der Waals surface area contributed by atoms with Crippen molar-refractivity contribution in [1.82, 2.24) is 25.5 Å². The summed E-state index contributed by atoms with van der Waals surface area (Å²) >= 11 is 0. The molecule has 3 N–H and O–H groups in total. The van der Waals surface area contributed by atoms with Gasteiger partial charge in [-0.1, -0.05) is 30.3 Å². The van der Waals surface area contributed by atoms with Gasteiger partial charge in [0.05, 0.1) is 17.9 Å². The van der Waals surface area contributed by atoms with Gasteiger partial charge in [-0.3, -0.25) is 0 Å². The van der Waals surface area contributed by atoms with Gasteiger partial charge in [-0.05, 0) is 39.7 Å². The van der Waals surface area contributed by atoms with Crippen LogP contribution in [0.3, 0.4) is 0 Å². The van der Waals surface area contributed by atoms with Crippen LogP contribution in [0.25, 0.3) is 11.3 Å². The third-order valence-electron chi connectivity index (χ3n) is 4.64. The number of guanidine groups is 1. The van der Waals surface area contributed by atoms with Gasteiger partial charge in [0.1, 0.15) is 18.0 Å². The molecule has 0 bridgehead atoms. The Hall–Kier alpha value is -3.03. The van der Waals surface area contributed by atoms with Gasteiger partial charge in [0, 0.05) is 19.6 Å². The summed E-state index contributed by atoms with van der Waals surface area (Å²) in [4.78, 5) is 26.7. The van der Waals surface area contributed by atoms with Crippen LogP contribution in [0.4, 0.5) is 4.79 Å². The molecule has 8 nitrogen and oxygen atoms in total. The van der Waals surface area contributed by atoms with E-state index in [0.29, 0.717) is 13.1 Å². The molecule has 1 aromatic heterocycles. The van der Waals surface area contributed by atoms with Crippen LogP contribution < -0.4 is 10.6 Å². The van der Waals surface area contributed by atoms with E-state index in [1.807, 2.05) is 64.2 Å². The molecule has 1 saturated heterocycles. The third kappa shape index (κ3) is 6.23. The second-order valence-electron chi connectivity index (χ2n) is 8.36. The van der Waals surface area contributed by atoms with E-state index in [1.54, 1.807) is 0 Å². The second-order valence-corrected chi connectivity index (χ2v) is 8.36. The monoisotopic (exact) mass is 412 g/mol. The maximum Gasteiger partial charge on any atom is 0.407 e. The third-order valence-corrected chi connectivity index (χ3v) is 4.64. The van der Waals surface area contributed by atoms with Crippen molar-refractivity contribution in [3.63, 3.8) is 0 Å². The molecule has 1 aromatic carbocycles. The van der Waals surface area contributed by atoms with Crippen LogP contribution in [0, 0.1) is 0 Å². The first-order valence-corrected chi connectivity index (χ1v) is 10.5. The zero-order chi connectivity index (χ0) is 21.6. The second kappa shape index (κ2) is 9.65. The fourth-order valence-electron chi connectivity index (χ4n) is 3.33. The van der Waals surface area contributed by atoms with Crippen molar-refractivity contribution >= 4 is 12.1 Å². The standard InChI is InChI=1S/C22H32N6O2/c1-5-23-20(28-12-11-17(15-28)26-21(29)30-22(2,3)4)25-14-19-24-13-18(27-19)16-9-7-6-8-10-16/h6-10,13,17H,5,11-12,14-15H2,1-4H3,(H,23,25)(H,24,27)(H,26,29). The van der Waals surface area contributed by atoms with Crippen LogP contribution >= 0.6 is 0 Å². The number of ether oxygens (including phenoxy) is 1. The highest BCUT2D eigenvalue weighted by molar-refractivity contribution is 5.80. The van der Waals surface area contributed by atoms with Gasteiger partial charge in [-0.15, -0.1) is 0 Å². The Morgan fingerprint density at radius 2 is 2.10 bits per heavy atom. The lowest BCUT2D eigenvalue weighted by Crippen LogP contribution is -2.44. The van der Waals surface area contributed by atoms with Gasteiger partial charge in [0.25, 0.3) is 0 Å². The number of benzene rings is 1. The lowest BCUT2D eigenvalue weighted by molar-refractivity contribution is 0.0507. The van der Waals surface area contributed by atoms with E-state index >= 15 is 0 Å². The number of imidazole rings is 1. The molecule has 0 saturated carbocycles. The van der Waals surface area contributed by atoms with Gasteiger partial charge >= 0.3 is 6.09 Å². The Bertz CT molecular complexity index is 856. The van der Waals surface area contributed by atoms with Gasteiger partial charge in [-0.25, -0.2) is 14.8 Å². The quantitative estimate of drug-likeness (QED) is 0.518. The molecule has 3 rings (SSSR count). The number of hydrogen-bond acceptors (Lipinski definition) is 4. The number of rotatable bonds is 5. The molecular weight excluding hydrogens is 380 g/mol. The molecule has 2 aromatic rings. The number of H-pyrrole nitrogens is 1. The highest BCUT2D eigenvalue weighted by Crippen LogP contribution is 2.17. The first-order chi connectivity index (χ1) is 14.3. The Kier molecular flexibility index (Phi) is 6.97. The van der Waals surface area contributed by atoms with Crippen molar-refractivity contribution in [2.24, 2.45) is 4.99 Å². The highest BCUT2D eigenvalue weighted by Gasteiger charge is 2.27. The average Bonchev–Trinajstić information content (AvgIpc) is 3.34. The number of likely N-dealkylation sites (tertiary alicyclic amines) is 1. The predicted molar refractivity (Wildman–Crippen MR) is 118 cm³/mol. The Balaban J connectivity index is 1.59. The van der Waals surface area contributed by atoms with Crippen LogP contribution in [0.2, 0.25) is 0 Å². The van der Waals surface area contributed by atoms with Crippen molar-refractivity contribution in [3.8, 4) is 11.3 Å². The van der Waals surface area contributed by atoms with Crippen molar-refractivity contribution in [2.45, 2.75) is 52.3 Å².